The third-order valence-corrected chi connectivity index (χ3v) is 5.37. The van der Waals surface area contributed by atoms with Crippen LogP contribution in [0.15, 0.2) is 24.3 Å². The molecule has 1 aliphatic heterocycles. The fraction of sp³-hybridized carbons (Fsp3) is 0.632. The highest BCUT2D eigenvalue weighted by Gasteiger charge is 2.43. The maximum atomic E-state index is 12.4. The number of carbonyl (C=O) groups excluding carboxylic acids is 1. The first-order chi connectivity index (χ1) is 11.5. The van der Waals surface area contributed by atoms with Gasteiger partial charge in [-0.2, -0.15) is 0 Å². The van der Waals surface area contributed by atoms with Crippen molar-refractivity contribution in [1.29, 1.82) is 0 Å². The van der Waals surface area contributed by atoms with Crippen molar-refractivity contribution in [3.8, 4) is 0 Å². The normalized spacial score (nSPS) is 25.5. The van der Waals surface area contributed by atoms with E-state index in [1.165, 1.54) is 24.8 Å². The summed E-state index contributed by atoms with van der Waals surface area (Å²) < 4.78 is 5.32. The third kappa shape index (κ3) is 3.97. The molecule has 3 rings (SSSR count). The van der Waals surface area contributed by atoms with E-state index >= 15 is 0 Å². The summed E-state index contributed by atoms with van der Waals surface area (Å²) in [6, 6.07) is 8.03. The zero-order valence-electron chi connectivity index (χ0n) is 14.8. The van der Waals surface area contributed by atoms with E-state index in [0.717, 1.165) is 13.0 Å². The van der Waals surface area contributed by atoms with Gasteiger partial charge in [-0.3, -0.25) is 4.79 Å². The molecule has 0 spiro atoms. The first-order valence-electron chi connectivity index (χ1n) is 8.90. The molecule has 5 nitrogen and oxygen atoms in total. The summed E-state index contributed by atoms with van der Waals surface area (Å²) in [6.07, 6.45) is 4.47. The molecule has 1 aromatic carbocycles. The molecule has 1 saturated carbocycles. The minimum absolute atomic E-state index is 0.000734. The standard InChI is InChI=1S/C19H29N3O2/c1-22(2)11-10-19(8-9-19)15-5-3-14(4-6-15)18(23)21-17-7-12-24-13-16(17)20/h3-6,16-17H,7-13,20H2,1-2H3,(H,21,23). The lowest BCUT2D eigenvalue weighted by atomic mass is 9.91. The van der Waals surface area contributed by atoms with Gasteiger partial charge in [0.05, 0.1) is 6.61 Å². The Morgan fingerprint density at radius 1 is 1.33 bits per heavy atom. The third-order valence-electron chi connectivity index (χ3n) is 5.37. The molecule has 5 heteroatoms. The van der Waals surface area contributed by atoms with Gasteiger partial charge in [0, 0.05) is 24.3 Å². The van der Waals surface area contributed by atoms with E-state index in [2.05, 4.69) is 36.4 Å². The minimum atomic E-state index is -0.122. The number of rotatable bonds is 6. The van der Waals surface area contributed by atoms with E-state index in [0.29, 0.717) is 24.2 Å². The van der Waals surface area contributed by atoms with Crippen LogP contribution in [-0.2, 0) is 10.2 Å². The summed E-state index contributed by atoms with van der Waals surface area (Å²) >= 11 is 0. The molecule has 1 saturated heterocycles. The lowest BCUT2D eigenvalue weighted by Gasteiger charge is -2.29. The van der Waals surface area contributed by atoms with Crippen molar-refractivity contribution in [2.75, 3.05) is 33.9 Å². The predicted molar refractivity (Wildman–Crippen MR) is 95.2 cm³/mol. The zero-order valence-corrected chi connectivity index (χ0v) is 14.8. The van der Waals surface area contributed by atoms with Crippen molar-refractivity contribution < 1.29 is 9.53 Å². The molecule has 0 aromatic heterocycles. The molecule has 0 radical (unpaired) electrons. The Kier molecular flexibility index (Phi) is 5.23. The summed E-state index contributed by atoms with van der Waals surface area (Å²) in [4.78, 5) is 14.7. The van der Waals surface area contributed by atoms with Gasteiger partial charge in [0.2, 0.25) is 0 Å². The lowest BCUT2D eigenvalue weighted by molar-refractivity contribution is 0.0573. The van der Waals surface area contributed by atoms with Crippen molar-refractivity contribution in [3.05, 3.63) is 35.4 Å². The van der Waals surface area contributed by atoms with Crippen LogP contribution in [0.5, 0.6) is 0 Å². The van der Waals surface area contributed by atoms with E-state index in [4.69, 9.17) is 10.5 Å². The second-order valence-corrected chi connectivity index (χ2v) is 7.52. The maximum absolute atomic E-state index is 12.4. The number of ether oxygens (including phenoxy) is 1. The Bertz CT molecular complexity index is 566. The lowest BCUT2D eigenvalue weighted by Crippen LogP contribution is -2.53. The average molecular weight is 331 g/mol. The van der Waals surface area contributed by atoms with Gasteiger partial charge in [-0.1, -0.05) is 12.1 Å². The number of nitrogens with two attached hydrogens (primary N) is 1. The smallest absolute Gasteiger partial charge is 0.251 e. The van der Waals surface area contributed by atoms with E-state index in [9.17, 15) is 4.79 Å². The molecule has 3 N–H and O–H groups in total. The van der Waals surface area contributed by atoms with E-state index in [1.54, 1.807) is 0 Å². The molecule has 2 atom stereocenters. The molecule has 1 amide bonds. The van der Waals surface area contributed by atoms with Crippen LogP contribution in [0, 0.1) is 0 Å². The highest BCUT2D eigenvalue weighted by atomic mass is 16.5. The van der Waals surface area contributed by atoms with Crippen LogP contribution in [0.1, 0.15) is 41.6 Å². The Morgan fingerprint density at radius 3 is 2.62 bits per heavy atom. The number of hydrogen-bond donors (Lipinski definition) is 2. The summed E-state index contributed by atoms with van der Waals surface area (Å²) in [6.45, 7) is 2.27. The quantitative estimate of drug-likeness (QED) is 0.829. The first-order valence-corrected chi connectivity index (χ1v) is 8.90. The molecule has 2 fully saturated rings. The van der Waals surface area contributed by atoms with E-state index < -0.39 is 0 Å². The van der Waals surface area contributed by atoms with Crippen molar-refractivity contribution in [2.24, 2.45) is 5.73 Å². The number of carbonyl (C=O) groups is 1. The van der Waals surface area contributed by atoms with Crippen LogP contribution < -0.4 is 11.1 Å². The number of nitrogens with zero attached hydrogens (tertiary/aromatic N) is 1. The number of nitrogens with one attached hydrogen (secondary N) is 1. The second-order valence-electron chi connectivity index (χ2n) is 7.52. The van der Waals surface area contributed by atoms with Crippen LogP contribution in [-0.4, -0.2) is 56.7 Å². The van der Waals surface area contributed by atoms with Crippen LogP contribution in [0.4, 0.5) is 0 Å². The van der Waals surface area contributed by atoms with Gasteiger partial charge in [-0.15, -0.1) is 0 Å². The van der Waals surface area contributed by atoms with Gasteiger partial charge >= 0.3 is 0 Å². The van der Waals surface area contributed by atoms with Crippen molar-refractivity contribution >= 4 is 5.91 Å². The topological polar surface area (TPSA) is 67.6 Å². The van der Waals surface area contributed by atoms with Gasteiger partial charge in [-0.25, -0.2) is 0 Å². The van der Waals surface area contributed by atoms with Gasteiger partial charge in [-0.05, 0) is 69.4 Å². The SMILES string of the molecule is CN(C)CCC1(c2ccc(C(=O)NC3CCOCC3N)cc2)CC1. The largest absolute Gasteiger partial charge is 0.380 e. The fourth-order valence-electron chi connectivity index (χ4n) is 3.44. The molecule has 2 aliphatic rings. The van der Waals surface area contributed by atoms with Crippen molar-refractivity contribution in [2.45, 2.75) is 43.2 Å². The first kappa shape index (κ1) is 17.4. The van der Waals surface area contributed by atoms with Gasteiger partial charge in [0.25, 0.3) is 5.91 Å². The van der Waals surface area contributed by atoms with Gasteiger partial charge in [0.1, 0.15) is 0 Å². The summed E-state index contributed by atoms with van der Waals surface area (Å²) in [5, 5.41) is 3.05. The van der Waals surface area contributed by atoms with Crippen molar-refractivity contribution in [3.63, 3.8) is 0 Å². The average Bonchev–Trinajstić information content (AvgIpc) is 3.36. The Morgan fingerprint density at radius 2 is 2.04 bits per heavy atom. The Labute approximate surface area is 144 Å². The number of hydrogen-bond acceptors (Lipinski definition) is 4. The molecular weight excluding hydrogens is 302 g/mol. The van der Waals surface area contributed by atoms with Crippen LogP contribution in [0.2, 0.25) is 0 Å². The predicted octanol–water partition coefficient (Wildman–Crippen LogP) is 1.52. The molecule has 1 heterocycles. The van der Waals surface area contributed by atoms with Crippen LogP contribution in [0.3, 0.4) is 0 Å². The summed E-state index contributed by atoms with van der Waals surface area (Å²) in [5.74, 6) is -0.0398. The summed E-state index contributed by atoms with van der Waals surface area (Å²) in [7, 11) is 4.23. The van der Waals surface area contributed by atoms with Crippen molar-refractivity contribution in [1.82, 2.24) is 10.2 Å². The molecule has 0 bridgehead atoms. The van der Waals surface area contributed by atoms with Crippen LogP contribution in [0.25, 0.3) is 0 Å². The Balaban J connectivity index is 1.61. The molecular formula is C19H29N3O2. The Hall–Kier alpha value is -1.43. The molecule has 2 unspecified atom stereocenters. The molecule has 1 aliphatic carbocycles. The minimum Gasteiger partial charge on any atom is -0.380 e. The van der Waals surface area contributed by atoms with E-state index in [1.807, 2.05) is 12.1 Å². The fourth-order valence-corrected chi connectivity index (χ4v) is 3.44. The molecule has 1 aromatic rings. The number of amides is 1. The summed E-state index contributed by atoms with van der Waals surface area (Å²) in [5.41, 5.74) is 8.42. The molecule has 132 valence electrons. The monoisotopic (exact) mass is 331 g/mol. The number of benzene rings is 1. The zero-order chi connectivity index (χ0) is 17.2. The van der Waals surface area contributed by atoms with Gasteiger partial charge in [0.15, 0.2) is 0 Å². The highest BCUT2D eigenvalue weighted by Crippen LogP contribution is 2.51. The second kappa shape index (κ2) is 7.21. The van der Waals surface area contributed by atoms with Gasteiger partial charge < -0.3 is 20.7 Å². The molecule has 24 heavy (non-hydrogen) atoms. The maximum Gasteiger partial charge on any atom is 0.251 e. The van der Waals surface area contributed by atoms with E-state index in [-0.39, 0.29) is 18.0 Å². The van der Waals surface area contributed by atoms with Crippen LogP contribution >= 0.6 is 0 Å². The highest BCUT2D eigenvalue weighted by molar-refractivity contribution is 5.94.